The first-order valence-electron chi connectivity index (χ1n) is 12.8. The Bertz CT molecular complexity index is 1020. The minimum absolute atomic E-state index is 0.0168. The molecule has 2 amide bonds. The Kier molecular flexibility index (Phi) is 6.88. The zero-order valence-electron chi connectivity index (χ0n) is 20.4. The molecule has 1 aromatic carbocycles. The maximum atomic E-state index is 14.1. The molecule has 5 rings (SSSR count). The van der Waals surface area contributed by atoms with Gasteiger partial charge in [0.25, 0.3) is 5.91 Å². The molecule has 3 heterocycles. The molecule has 8 heteroatoms. The number of amides is 2. The number of ether oxygens (including phenoxy) is 1. The Balaban J connectivity index is 1.40. The molecule has 1 N–H and O–H groups in total. The highest BCUT2D eigenvalue weighted by Crippen LogP contribution is 2.33. The van der Waals surface area contributed by atoms with Crippen molar-refractivity contribution in [3.63, 3.8) is 0 Å². The van der Waals surface area contributed by atoms with Crippen LogP contribution in [0.15, 0.2) is 24.3 Å². The van der Waals surface area contributed by atoms with Crippen molar-refractivity contribution in [1.29, 1.82) is 0 Å². The lowest BCUT2D eigenvalue weighted by Gasteiger charge is -2.40. The fourth-order valence-corrected chi connectivity index (χ4v) is 5.29. The molecule has 2 aromatic rings. The highest BCUT2D eigenvalue weighted by atomic mass is 16.5. The number of morpholine rings is 1. The summed E-state index contributed by atoms with van der Waals surface area (Å²) in [7, 11) is 0. The zero-order valence-corrected chi connectivity index (χ0v) is 20.4. The molecule has 2 aliphatic heterocycles. The fraction of sp³-hybridized carbons (Fsp3) is 0.654. The van der Waals surface area contributed by atoms with Gasteiger partial charge in [0.05, 0.1) is 30.2 Å². The Morgan fingerprint density at radius 1 is 1.18 bits per heavy atom. The lowest BCUT2D eigenvalue weighted by molar-refractivity contribution is -0.140. The topological polar surface area (TPSA) is 79.7 Å². The molecular weight excluding hydrogens is 430 g/mol. The lowest BCUT2D eigenvalue weighted by Crippen LogP contribution is -2.56. The summed E-state index contributed by atoms with van der Waals surface area (Å²) < 4.78 is 7.55. The summed E-state index contributed by atoms with van der Waals surface area (Å²) in [6, 6.07) is 8.01. The van der Waals surface area contributed by atoms with Crippen LogP contribution in [0.25, 0.3) is 11.0 Å². The second kappa shape index (κ2) is 10.0. The van der Waals surface area contributed by atoms with Gasteiger partial charge in [-0.1, -0.05) is 26.0 Å². The van der Waals surface area contributed by atoms with E-state index < -0.39 is 0 Å². The van der Waals surface area contributed by atoms with Gasteiger partial charge in [0.15, 0.2) is 5.82 Å². The van der Waals surface area contributed by atoms with Crippen LogP contribution in [0, 0.1) is 17.8 Å². The Labute approximate surface area is 201 Å². The first kappa shape index (κ1) is 23.3. The second-order valence-corrected chi connectivity index (χ2v) is 10.5. The van der Waals surface area contributed by atoms with Crippen LogP contribution in [-0.2, 0) is 16.1 Å². The van der Waals surface area contributed by atoms with Gasteiger partial charge in [-0.15, -0.1) is 0 Å². The number of nitrogens with zero attached hydrogens (tertiary/aromatic N) is 4. The molecule has 0 radical (unpaired) electrons. The quantitative estimate of drug-likeness (QED) is 0.676. The highest BCUT2D eigenvalue weighted by molar-refractivity contribution is 5.95. The van der Waals surface area contributed by atoms with Gasteiger partial charge in [0, 0.05) is 45.3 Å². The number of fused-ring (bicyclic) bond motifs is 1. The van der Waals surface area contributed by atoms with Gasteiger partial charge < -0.3 is 24.4 Å². The van der Waals surface area contributed by atoms with Gasteiger partial charge >= 0.3 is 0 Å². The third-order valence-electron chi connectivity index (χ3n) is 7.25. The number of benzene rings is 1. The SMILES string of the molecule is CC(C)CN(C(=O)c1nc2ccccc2n1CC1CC1)[C@@H]1CNCC(C(=O)N2CCOCC2)C1. The van der Waals surface area contributed by atoms with Gasteiger partial charge in [-0.05, 0) is 43.2 Å². The van der Waals surface area contributed by atoms with Crippen LogP contribution in [0.4, 0.5) is 0 Å². The molecule has 2 atom stereocenters. The molecule has 0 bridgehead atoms. The molecule has 1 saturated carbocycles. The van der Waals surface area contributed by atoms with E-state index in [9.17, 15) is 9.59 Å². The van der Waals surface area contributed by atoms with Crippen molar-refractivity contribution in [3.05, 3.63) is 30.1 Å². The summed E-state index contributed by atoms with van der Waals surface area (Å²) in [4.78, 5) is 36.0. The average Bonchev–Trinajstić information content (AvgIpc) is 3.61. The molecule has 1 aliphatic carbocycles. The minimum atomic E-state index is -0.121. The molecule has 184 valence electrons. The van der Waals surface area contributed by atoms with Crippen LogP contribution >= 0.6 is 0 Å². The standard InChI is InChI=1S/C26H37N5O3/c1-18(2)16-30(21-13-20(14-27-15-21)25(32)29-9-11-34-12-10-29)26(33)24-28-22-5-3-4-6-23(22)31(24)17-19-7-8-19/h3-6,18-21,27H,7-17H2,1-2H3/t20?,21-/m0/s1. The normalized spacial score (nSPS) is 23.4. The van der Waals surface area contributed by atoms with Crippen molar-refractivity contribution in [2.75, 3.05) is 45.9 Å². The molecule has 2 saturated heterocycles. The van der Waals surface area contributed by atoms with E-state index in [1.165, 1.54) is 12.8 Å². The highest BCUT2D eigenvalue weighted by Gasteiger charge is 2.37. The van der Waals surface area contributed by atoms with E-state index in [0.29, 0.717) is 70.0 Å². The molecule has 1 unspecified atom stereocenters. The van der Waals surface area contributed by atoms with E-state index >= 15 is 0 Å². The van der Waals surface area contributed by atoms with Crippen molar-refractivity contribution in [3.8, 4) is 0 Å². The van der Waals surface area contributed by atoms with Gasteiger partial charge in [-0.25, -0.2) is 4.98 Å². The Morgan fingerprint density at radius 3 is 2.68 bits per heavy atom. The van der Waals surface area contributed by atoms with Crippen molar-refractivity contribution in [1.82, 2.24) is 24.7 Å². The van der Waals surface area contributed by atoms with Gasteiger partial charge in [0.1, 0.15) is 0 Å². The van der Waals surface area contributed by atoms with E-state index in [1.54, 1.807) is 0 Å². The zero-order chi connectivity index (χ0) is 23.7. The fourth-order valence-electron chi connectivity index (χ4n) is 5.29. The second-order valence-electron chi connectivity index (χ2n) is 10.5. The number of rotatable bonds is 7. The number of carbonyl (C=O) groups excluding carboxylic acids is 2. The maximum absolute atomic E-state index is 14.1. The van der Waals surface area contributed by atoms with Crippen LogP contribution in [0.2, 0.25) is 0 Å². The smallest absolute Gasteiger partial charge is 0.290 e. The number of nitrogens with one attached hydrogen (secondary N) is 1. The number of hydrogen-bond donors (Lipinski definition) is 1. The number of imidazole rings is 1. The molecule has 1 aromatic heterocycles. The predicted octanol–water partition coefficient (Wildman–Crippen LogP) is 2.38. The molecule has 3 fully saturated rings. The summed E-state index contributed by atoms with van der Waals surface area (Å²) >= 11 is 0. The minimum Gasteiger partial charge on any atom is -0.378 e. The Morgan fingerprint density at radius 2 is 1.94 bits per heavy atom. The van der Waals surface area contributed by atoms with Crippen molar-refractivity contribution in [2.24, 2.45) is 17.8 Å². The maximum Gasteiger partial charge on any atom is 0.290 e. The lowest BCUT2D eigenvalue weighted by atomic mass is 9.92. The van der Waals surface area contributed by atoms with E-state index in [1.807, 2.05) is 28.0 Å². The van der Waals surface area contributed by atoms with Gasteiger partial charge in [0.2, 0.25) is 5.91 Å². The van der Waals surface area contributed by atoms with Crippen LogP contribution in [0.5, 0.6) is 0 Å². The average molecular weight is 468 g/mol. The molecule has 8 nitrogen and oxygen atoms in total. The first-order valence-corrected chi connectivity index (χ1v) is 12.8. The Hall–Kier alpha value is -2.45. The summed E-state index contributed by atoms with van der Waals surface area (Å²) in [6.07, 6.45) is 3.12. The third-order valence-corrected chi connectivity index (χ3v) is 7.25. The molecule has 3 aliphatic rings. The summed E-state index contributed by atoms with van der Waals surface area (Å²) in [5.74, 6) is 1.53. The van der Waals surface area contributed by atoms with Crippen LogP contribution in [0.3, 0.4) is 0 Å². The third kappa shape index (κ3) is 4.98. The summed E-state index contributed by atoms with van der Waals surface area (Å²) in [5.41, 5.74) is 1.91. The molecular formula is C26H37N5O3. The van der Waals surface area contributed by atoms with Crippen LogP contribution in [-0.4, -0.2) is 83.1 Å². The predicted molar refractivity (Wildman–Crippen MR) is 130 cm³/mol. The van der Waals surface area contributed by atoms with E-state index in [2.05, 4.69) is 29.8 Å². The van der Waals surface area contributed by atoms with Gasteiger partial charge in [-0.3, -0.25) is 9.59 Å². The van der Waals surface area contributed by atoms with Crippen LogP contribution in [0.1, 0.15) is 43.7 Å². The monoisotopic (exact) mass is 467 g/mol. The number of para-hydroxylation sites is 2. The van der Waals surface area contributed by atoms with E-state index in [-0.39, 0.29) is 23.8 Å². The van der Waals surface area contributed by atoms with Crippen molar-refractivity contribution < 1.29 is 14.3 Å². The van der Waals surface area contributed by atoms with Crippen molar-refractivity contribution in [2.45, 2.75) is 45.7 Å². The molecule has 0 spiro atoms. The summed E-state index contributed by atoms with van der Waals surface area (Å²) in [5, 5.41) is 3.45. The number of carbonyl (C=O) groups is 2. The number of aromatic nitrogens is 2. The largest absolute Gasteiger partial charge is 0.378 e. The van der Waals surface area contributed by atoms with E-state index in [4.69, 9.17) is 9.72 Å². The van der Waals surface area contributed by atoms with Crippen LogP contribution < -0.4 is 5.32 Å². The molecule has 34 heavy (non-hydrogen) atoms. The van der Waals surface area contributed by atoms with Crippen molar-refractivity contribution >= 4 is 22.8 Å². The first-order chi connectivity index (χ1) is 16.5. The number of piperidine rings is 1. The van der Waals surface area contributed by atoms with E-state index in [0.717, 1.165) is 17.6 Å². The van der Waals surface area contributed by atoms with Gasteiger partial charge in [-0.2, -0.15) is 0 Å². The summed E-state index contributed by atoms with van der Waals surface area (Å²) in [6.45, 7) is 9.65. The number of hydrogen-bond acceptors (Lipinski definition) is 5.